The lowest BCUT2D eigenvalue weighted by Crippen LogP contribution is -2.32. The van der Waals surface area contributed by atoms with Gasteiger partial charge < -0.3 is 9.13 Å². The second-order valence-corrected chi connectivity index (χ2v) is 6.18. The van der Waals surface area contributed by atoms with E-state index >= 15 is 0 Å². The zero-order valence-electron chi connectivity index (χ0n) is 12.1. The van der Waals surface area contributed by atoms with E-state index in [2.05, 4.69) is 31.9 Å². The van der Waals surface area contributed by atoms with Gasteiger partial charge in [0.05, 0.1) is 5.29 Å². The molecular weight excluding hydrogens is 252 g/mol. The molecule has 20 heavy (non-hydrogen) atoms. The molecule has 110 valence electrons. The normalized spacial score (nSPS) is 21.8. The van der Waals surface area contributed by atoms with Gasteiger partial charge in [0.2, 0.25) is 5.62 Å². The number of imidazole rings is 1. The molecule has 0 N–H and O–H groups in total. The predicted molar refractivity (Wildman–Crippen MR) is 78.0 cm³/mol. The van der Waals surface area contributed by atoms with Gasteiger partial charge in [0.15, 0.2) is 0 Å². The molecule has 2 aliphatic rings. The fourth-order valence-corrected chi connectivity index (χ4v) is 3.84. The Morgan fingerprint density at radius 2 is 1.25 bits per heavy atom. The van der Waals surface area contributed by atoms with Gasteiger partial charge in [0, 0.05) is 24.5 Å². The molecule has 0 atom stereocenters. The Hall–Kier alpha value is -1.39. The van der Waals surface area contributed by atoms with Crippen LogP contribution in [0.3, 0.4) is 0 Å². The van der Waals surface area contributed by atoms with Crippen molar-refractivity contribution in [1.29, 1.82) is 0 Å². The monoisotopic (exact) mass is 276 g/mol. The Labute approximate surface area is 119 Å². The Morgan fingerprint density at radius 3 is 1.65 bits per heavy atom. The van der Waals surface area contributed by atoms with Crippen molar-refractivity contribution >= 4 is 0 Å². The summed E-state index contributed by atoms with van der Waals surface area (Å²) in [5.41, 5.74) is 0.763. The minimum atomic E-state index is 0.495. The first-order valence-electron chi connectivity index (χ1n) is 8.05. The first-order valence-corrected chi connectivity index (χ1v) is 8.05. The van der Waals surface area contributed by atoms with E-state index in [4.69, 9.17) is 0 Å². The molecule has 0 aliphatic heterocycles. The fraction of sp³-hybridized carbons (Fsp3) is 0.800. The SMILES string of the molecule is O=NN=c1n(C2CCCCC2)ccn1C1CCCCC1. The molecule has 1 aromatic heterocycles. The Morgan fingerprint density at radius 1 is 0.800 bits per heavy atom. The highest BCUT2D eigenvalue weighted by molar-refractivity contribution is 4.90. The Kier molecular flexibility index (Phi) is 4.33. The van der Waals surface area contributed by atoms with Gasteiger partial charge in [-0.3, -0.25) is 0 Å². The van der Waals surface area contributed by atoms with Gasteiger partial charge in [0.1, 0.15) is 0 Å². The van der Waals surface area contributed by atoms with Gasteiger partial charge in [-0.05, 0) is 25.7 Å². The lowest BCUT2D eigenvalue weighted by Gasteiger charge is -2.25. The van der Waals surface area contributed by atoms with Crippen molar-refractivity contribution in [2.24, 2.45) is 10.4 Å². The molecule has 0 radical (unpaired) electrons. The van der Waals surface area contributed by atoms with Crippen molar-refractivity contribution in [2.45, 2.75) is 76.3 Å². The Bertz CT molecular complexity index is 466. The molecule has 3 rings (SSSR count). The van der Waals surface area contributed by atoms with E-state index in [1.54, 1.807) is 0 Å². The molecule has 5 heteroatoms. The quantitative estimate of drug-likeness (QED) is 0.610. The van der Waals surface area contributed by atoms with E-state index < -0.39 is 0 Å². The van der Waals surface area contributed by atoms with Crippen LogP contribution in [0.15, 0.2) is 22.8 Å². The van der Waals surface area contributed by atoms with Crippen LogP contribution in [0.5, 0.6) is 0 Å². The van der Waals surface area contributed by atoms with Crippen molar-refractivity contribution < 1.29 is 0 Å². The second-order valence-electron chi connectivity index (χ2n) is 6.18. The molecule has 1 heterocycles. The molecular formula is C15H24N4O. The summed E-state index contributed by atoms with van der Waals surface area (Å²) in [6.45, 7) is 0. The maximum absolute atomic E-state index is 10.7. The summed E-state index contributed by atoms with van der Waals surface area (Å²) in [7, 11) is 0. The lowest BCUT2D eigenvalue weighted by atomic mass is 9.95. The summed E-state index contributed by atoms with van der Waals surface area (Å²) in [6.07, 6.45) is 16.8. The van der Waals surface area contributed by atoms with Crippen LogP contribution in [0.4, 0.5) is 0 Å². The third-order valence-electron chi connectivity index (χ3n) is 4.92. The zero-order valence-corrected chi connectivity index (χ0v) is 12.1. The van der Waals surface area contributed by atoms with E-state index in [1.165, 1.54) is 64.2 Å². The largest absolute Gasteiger partial charge is 0.313 e. The maximum Gasteiger partial charge on any atom is 0.233 e. The van der Waals surface area contributed by atoms with Gasteiger partial charge in [-0.15, -0.1) is 4.91 Å². The molecule has 1 aromatic rings. The molecule has 0 amide bonds. The average molecular weight is 276 g/mol. The molecule has 2 aliphatic carbocycles. The van der Waals surface area contributed by atoms with E-state index in [0.717, 1.165) is 5.62 Å². The van der Waals surface area contributed by atoms with Crippen LogP contribution in [0.1, 0.15) is 76.3 Å². The van der Waals surface area contributed by atoms with Crippen molar-refractivity contribution in [3.8, 4) is 0 Å². The van der Waals surface area contributed by atoms with Crippen LogP contribution >= 0.6 is 0 Å². The van der Waals surface area contributed by atoms with Crippen molar-refractivity contribution in [1.82, 2.24) is 9.13 Å². The number of aromatic nitrogens is 2. The molecule has 2 saturated carbocycles. The van der Waals surface area contributed by atoms with Crippen LogP contribution in [0.25, 0.3) is 0 Å². The van der Waals surface area contributed by atoms with E-state index in [0.29, 0.717) is 12.1 Å². The van der Waals surface area contributed by atoms with Gasteiger partial charge in [-0.1, -0.05) is 43.6 Å². The van der Waals surface area contributed by atoms with Gasteiger partial charge in [0.25, 0.3) is 0 Å². The number of hydrogen-bond acceptors (Lipinski definition) is 2. The first-order chi connectivity index (χ1) is 9.90. The summed E-state index contributed by atoms with van der Waals surface area (Å²) in [4.78, 5) is 10.7. The number of rotatable bonds is 3. The molecule has 5 nitrogen and oxygen atoms in total. The number of hydrogen-bond donors (Lipinski definition) is 0. The predicted octanol–water partition coefficient (Wildman–Crippen LogP) is 3.88. The number of nitrogens with zero attached hydrogens (tertiary/aromatic N) is 4. The van der Waals surface area contributed by atoms with Crippen molar-refractivity contribution in [3.63, 3.8) is 0 Å². The van der Waals surface area contributed by atoms with E-state index in [-0.39, 0.29) is 0 Å². The van der Waals surface area contributed by atoms with Crippen molar-refractivity contribution in [3.05, 3.63) is 22.9 Å². The summed E-state index contributed by atoms with van der Waals surface area (Å²) < 4.78 is 4.38. The third kappa shape index (κ3) is 2.72. The smallest absolute Gasteiger partial charge is 0.233 e. The second kappa shape index (κ2) is 6.37. The first kappa shape index (κ1) is 13.6. The molecule has 0 aromatic carbocycles. The molecule has 0 unspecified atom stereocenters. The van der Waals surface area contributed by atoms with Crippen LogP contribution in [-0.2, 0) is 0 Å². The summed E-state index contributed by atoms with van der Waals surface area (Å²) in [6, 6.07) is 0.989. The highest BCUT2D eigenvalue weighted by Crippen LogP contribution is 2.29. The van der Waals surface area contributed by atoms with Crippen LogP contribution in [-0.4, -0.2) is 9.13 Å². The zero-order chi connectivity index (χ0) is 13.8. The summed E-state index contributed by atoms with van der Waals surface area (Å²) >= 11 is 0. The number of nitroso groups, excluding NO2 is 1. The summed E-state index contributed by atoms with van der Waals surface area (Å²) in [5.74, 6) is 0. The molecule has 0 bridgehead atoms. The topological polar surface area (TPSA) is 51.6 Å². The lowest BCUT2D eigenvalue weighted by molar-refractivity contribution is 0.315. The van der Waals surface area contributed by atoms with Crippen LogP contribution < -0.4 is 5.62 Å². The Balaban J connectivity index is 1.92. The van der Waals surface area contributed by atoms with Gasteiger partial charge in [-0.25, -0.2) is 0 Å². The molecule has 0 saturated heterocycles. The molecule has 0 spiro atoms. The van der Waals surface area contributed by atoms with E-state index in [1.807, 2.05) is 0 Å². The maximum atomic E-state index is 10.7. The van der Waals surface area contributed by atoms with E-state index in [9.17, 15) is 4.91 Å². The third-order valence-corrected chi connectivity index (χ3v) is 4.92. The van der Waals surface area contributed by atoms with Gasteiger partial charge in [-0.2, -0.15) is 0 Å². The summed E-state index contributed by atoms with van der Waals surface area (Å²) in [5, 5.41) is 6.73. The highest BCUT2D eigenvalue weighted by Gasteiger charge is 2.21. The fourth-order valence-electron chi connectivity index (χ4n) is 3.84. The molecule has 2 fully saturated rings. The highest BCUT2D eigenvalue weighted by atomic mass is 16.3. The average Bonchev–Trinajstić information content (AvgIpc) is 2.93. The van der Waals surface area contributed by atoms with Gasteiger partial charge >= 0.3 is 0 Å². The minimum absolute atomic E-state index is 0.495. The standard InChI is InChI=1S/C15H24N4O/c20-17-16-15-18(13-7-3-1-4-8-13)11-12-19(15)14-9-5-2-6-10-14/h11-14H,1-10H2. The van der Waals surface area contributed by atoms with Crippen LogP contribution in [0, 0.1) is 4.91 Å². The van der Waals surface area contributed by atoms with Crippen molar-refractivity contribution in [2.75, 3.05) is 0 Å². The van der Waals surface area contributed by atoms with Crippen LogP contribution in [0.2, 0.25) is 0 Å². The minimum Gasteiger partial charge on any atom is -0.313 e.